The van der Waals surface area contributed by atoms with Crippen molar-refractivity contribution >= 4 is 10.8 Å². The second-order valence-electron chi connectivity index (χ2n) is 4.13. The number of hydrogen-bond donors (Lipinski definition) is 1. The molecule has 1 fully saturated rings. The molecule has 13 heavy (non-hydrogen) atoms. The minimum atomic E-state index is -0.643. The smallest absolute Gasteiger partial charge is 0.0235 e. The van der Waals surface area contributed by atoms with E-state index in [-0.39, 0.29) is 0 Å². The summed E-state index contributed by atoms with van der Waals surface area (Å²) in [4.78, 5) is 0. The van der Waals surface area contributed by atoms with Crippen molar-refractivity contribution in [1.82, 2.24) is 0 Å². The molecule has 0 heterocycles. The second-order valence-corrected chi connectivity index (χ2v) is 5.68. The Morgan fingerprint density at radius 3 is 2.69 bits per heavy atom. The van der Waals surface area contributed by atoms with E-state index in [9.17, 15) is 4.21 Å². The zero-order valence-electron chi connectivity index (χ0n) is 8.50. The molecule has 1 rings (SSSR count). The zero-order chi connectivity index (χ0) is 9.68. The molecule has 2 nitrogen and oxygen atoms in total. The van der Waals surface area contributed by atoms with Crippen molar-refractivity contribution in [3.63, 3.8) is 0 Å². The lowest BCUT2D eigenvalue weighted by molar-refractivity contribution is 0.388. The van der Waals surface area contributed by atoms with Crippen molar-refractivity contribution in [3.8, 4) is 0 Å². The van der Waals surface area contributed by atoms with Crippen LogP contribution in [0.5, 0.6) is 0 Å². The molecule has 0 saturated heterocycles. The van der Waals surface area contributed by atoms with Gasteiger partial charge in [0.05, 0.1) is 0 Å². The number of rotatable bonds is 3. The predicted octanol–water partition coefficient (Wildman–Crippen LogP) is 1.66. The topological polar surface area (TPSA) is 43.1 Å². The molecule has 3 heteroatoms. The molecule has 0 spiro atoms. The fraction of sp³-hybridized carbons (Fsp3) is 1.00. The Kier molecular flexibility index (Phi) is 4.96. The Balaban J connectivity index is 2.31. The summed E-state index contributed by atoms with van der Waals surface area (Å²) < 4.78 is 10.9. The molecular formula is C10H21NOS. The molecule has 3 atom stereocenters. The van der Waals surface area contributed by atoms with Gasteiger partial charge in [0, 0.05) is 28.9 Å². The Morgan fingerprint density at radius 1 is 1.31 bits per heavy atom. The van der Waals surface area contributed by atoms with Gasteiger partial charge in [0.25, 0.3) is 0 Å². The van der Waals surface area contributed by atoms with Gasteiger partial charge in [-0.2, -0.15) is 0 Å². The van der Waals surface area contributed by atoms with Gasteiger partial charge in [-0.15, -0.1) is 0 Å². The quantitative estimate of drug-likeness (QED) is 0.709. The molecule has 0 amide bonds. The molecule has 2 N–H and O–H groups in total. The van der Waals surface area contributed by atoms with Crippen molar-refractivity contribution in [2.75, 3.05) is 12.0 Å². The van der Waals surface area contributed by atoms with E-state index in [0.717, 1.165) is 12.2 Å². The lowest BCUT2D eigenvalue weighted by atomic mass is 9.93. The minimum absolute atomic E-state index is 0.367. The first-order valence-electron chi connectivity index (χ1n) is 5.26. The van der Waals surface area contributed by atoms with Crippen LogP contribution in [0.25, 0.3) is 0 Å². The Morgan fingerprint density at radius 2 is 2.00 bits per heavy atom. The molecular weight excluding hydrogens is 182 g/mol. The van der Waals surface area contributed by atoms with Crippen LogP contribution in [0.4, 0.5) is 0 Å². The predicted molar refractivity (Wildman–Crippen MR) is 58.1 cm³/mol. The summed E-state index contributed by atoms with van der Waals surface area (Å²) in [5, 5.41) is 0. The second kappa shape index (κ2) is 5.76. The van der Waals surface area contributed by atoms with E-state index in [2.05, 4.69) is 0 Å². The summed E-state index contributed by atoms with van der Waals surface area (Å²) >= 11 is 0. The van der Waals surface area contributed by atoms with Crippen LogP contribution in [0.15, 0.2) is 0 Å². The SMILES string of the molecule is CS(=O)CCC1CCCCCC1N. The Labute approximate surface area is 83.7 Å². The molecule has 0 aromatic rings. The van der Waals surface area contributed by atoms with Crippen LogP contribution in [-0.2, 0) is 10.8 Å². The molecule has 0 aromatic carbocycles. The van der Waals surface area contributed by atoms with Crippen molar-refractivity contribution in [3.05, 3.63) is 0 Å². The van der Waals surface area contributed by atoms with E-state index in [1.54, 1.807) is 6.26 Å². The maximum absolute atomic E-state index is 10.9. The van der Waals surface area contributed by atoms with Crippen LogP contribution < -0.4 is 5.73 Å². The maximum atomic E-state index is 10.9. The van der Waals surface area contributed by atoms with Crippen molar-refractivity contribution in [2.24, 2.45) is 11.7 Å². The van der Waals surface area contributed by atoms with Gasteiger partial charge in [0.2, 0.25) is 0 Å². The summed E-state index contributed by atoms with van der Waals surface area (Å²) in [6, 6.07) is 0.367. The molecule has 1 saturated carbocycles. The largest absolute Gasteiger partial charge is 0.327 e. The van der Waals surface area contributed by atoms with Gasteiger partial charge in [-0.25, -0.2) is 0 Å². The monoisotopic (exact) mass is 203 g/mol. The van der Waals surface area contributed by atoms with Crippen LogP contribution >= 0.6 is 0 Å². The lowest BCUT2D eigenvalue weighted by Gasteiger charge is -2.20. The first kappa shape index (κ1) is 11.2. The summed E-state index contributed by atoms with van der Waals surface area (Å²) in [6.45, 7) is 0. The third-order valence-electron chi connectivity index (χ3n) is 2.99. The van der Waals surface area contributed by atoms with E-state index in [0.29, 0.717) is 12.0 Å². The zero-order valence-corrected chi connectivity index (χ0v) is 9.31. The average molecular weight is 203 g/mol. The fourth-order valence-corrected chi connectivity index (χ4v) is 2.72. The van der Waals surface area contributed by atoms with Crippen LogP contribution in [0.1, 0.15) is 38.5 Å². The van der Waals surface area contributed by atoms with Crippen molar-refractivity contribution < 1.29 is 4.21 Å². The van der Waals surface area contributed by atoms with E-state index in [4.69, 9.17) is 5.73 Å². The molecule has 0 bridgehead atoms. The third-order valence-corrected chi connectivity index (χ3v) is 3.80. The highest BCUT2D eigenvalue weighted by Gasteiger charge is 2.19. The van der Waals surface area contributed by atoms with E-state index in [1.165, 1.54) is 32.1 Å². The third kappa shape index (κ3) is 4.23. The van der Waals surface area contributed by atoms with Gasteiger partial charge in [0.1, 0.15) is 0 Å². The molecule has 3 unspecified atom stereocenters. The van der Waals surface area contributed by atoms with E-state index < -0.39 is 10.8 Å². The van der Waals surface area contributed by atoms with E-state index in [1.807, 2.05) is 0 Å². The normalized spacial score (nSPS) is 32.5. The Hall–Kier alpha value is 0.110. The van der Waals surface area contributed by atoms with Gasteiger partial charge in [-0.1, -0.05) is 19.3 Å². The molecule has 0 aliphatic heterocycles. The number of hydrogen-bond acceptors (Lipinski definition) is 2. The van der Waals surface area contributed by atoms with E-state index >= 15 is 0 Å². The summed E-state index contributed by atoms with van der Waals surface area (Å²) in [7, 11) is -0.643. The number of nitrogens with two attached hydrogens (primary N) is 1. The molecule has 0 aromatic heterocycles. The minimum Gasteiger partial charge on any atom is -0.327 e. The first-order chi connectivity index (χ1) is 6.20. The summed E-state index contributed by atoms with van der Waals surface area (Å²) in [5.41, 5.74) is 6.07. The Bertz CT molecular complexity index is 172. The maximum Gasteiger partial charge on any atom is 0.0235 e. The van der Waals surface area contributed by atoms with Crippen LogP contribution in [0, 0.1) is 5.92 Å². The highest BCUT2D eigenvalue weighted by molar-refractivity contribution is 7.84. The highest BCUT2D eigenvalue weighted by atomic mass is 32.2. The van der Waals surface area contributed by atoms with Gasteiger partial charge >= 0.3 is 0 Å². The van der Waals surface area contributed by atoms with Crippen LogP contribution in [0.2, 0.25) is 0 Å². The standard InChI is InChI=1S/C10H21NOS/c1-13(12)8-7-9-5-3-2-4-6-10(9)11/h9-10H,2-8,11H2,1H3. The van der Waals surface area contributed by atoms with Crippen LogP contribution in [-0.4, -0.2) is 22.3 Å². The first-order valence-corrected chi connectivity index (χ1v) is 6.98. The van der Waals surface area contributed by atoms with Crippen molar-refractivity contribution in [2.45, 2.75) is 44.6 Å². The average Bonchev–Trinajstić information content (AvgIpc) is 2.27. The van der Waals surface area contributed by atoms with Gasteiger partial charge in [0.15, 0.2) is 0 Å². The molecule has 78 valence electrons. The summed E-state index contributed by atoms with van der Waals surface area (Å²) in [6.07, 6.45) is 9.19. The molecule has 1 aliphatic rings. The molecule has 0 radical (unpaired) electrons. The lowest BCUT2D eigenvalue weighted by Crippen LogP contribution is -2.29. The fourth-order valence-electron chi connectivity index (χ4n) is 2.09. The highest BCUT2D eigenvalue weighted by Crippen LogP contribution is 2.24. The van der Waals surface area contributed by atoms with Gasteiger partial charge in [-0.3, -0.25) is 4.21 Å². The molecule has 1 aliphatic carbocycles. The summed E-state index contributed by atoms with van der Waals surface area (Å²) in [5.74, 6) is 1.46. The van der Waals surface area contributed by atoms with Gasteiger partial charge in [-0.05, 0) is 25.2 Å². The van der Waals surface area contributed by atoms with Crippen molar-refractivity contribution in [1.29, 1.82) is 0 Å². The van der Waals surface area contributed by atoms with Crippen LogP contribution in [0.3, 0.4) is 0 Å². The van der Waals surface area contributed by atoms with Gasteiger partial charge < -0.3 is 5.73 Å².